The van der Waals surface area contributed by atoms with Gasteiger partial charge in [-0.2, -0.15) is 0 Å². The molecule has 1 N–H and O–H groups in total. The van der Waals surface area contributed by atoms with Gasteiger partial charge in [-0.05, 0) is 18.6 Å². The first-order chi connectivity index (χ1) is 10.9. The summed E-state index contributed by atoms with van der Waals surface area (Å²) in [5.74, 6) is -1.18. The molecular formula is C17H15ClN2O3. The van der Waals surface area contributed by atoms with Crippen LogP contribution in [0.2, 0.25) is 0 Å². The van der Waals surface area contributed by atoms with E-state index < -0.39 is 28.2 Å². The third-order valence-corrected chi connectivity index (χ3v) is 4.80. The molecule has 0 radical (unpaired) electrons. The molecule has 2 aromatic carbocycles. The summed E-state index contributed by atoms with van der Waals surface area (Å²) in [4.78, 5) is 21.9. The molecule has 118 valence electrons. The van der Waals surface area contributed by atoms with Crippen molar-refractivity contribution in [1.82, 2.24) is 0 Å². The molecule has 0 saturated carbocycles. The van der Waals surface area contributed by atoms with Gasteiger partial charge in [0, 0.05) is 16.2 Å². The predicted octanol–water partition coefficient (Wildman–Crippen LogP) is 3.44. The van der Waals surface area contributed by atoms with E-state index in [0.717, 1.165) is 5.56 Å². The minimum absolute atomic E-state index is 0.421. The van der Waals surface area contributed by atoms with E-state index in [9.17, 15) is 14.9 Å². The average Bonchev–Trinajstić information content (AvgIpc) is 2.78. The highest BCUT2D eigenvalue weighted by Crippen LogP contribution is 2.50. The minimum atomic E-state index is -1.49. The number of anilines is 1. The summed E-state index contributed by atoms with van der Waals surface area (Å²) < 4.78 is 0. The number of halogens is 1. The molecule has 2 aromatic rings. The van der Waals surface area contributed by atoms with E-state index in [1.807, 2.05) is 25.1 Å². The van der Waals surface area contributed by atoms with Crippen LogP contribution in [-0.2, 0) is 9.67 Å². The monoisotopic (exact) mass is 330 g/mol. The van der Waals surface area contributed by atoms with Gasteiger partial charge >= 0.3 is 0 Å². The largest absolute Gasteiger partial charge is 0.324 e. The normalized spacial score (nSPS) is 20.7. The number of hydrogen-bond acceptors (Lipinski definition) is 3. The lowest BCUT2D eigenvalue weighted by molar-refractivity contribution is -0.484. The summed E-state index contributed by atoms with van der Waals surface area (Å²) in [5, 5.41) is 13.9. The molecule has 1 heterocycles. The fourth-order valence-electron chi connectivity index (χ4n) is 3.04. The second kappa shape index (κ2) is 5.66. The highest BCUT2D eigenvalue weighted by molar-refractivity contribution is 6.39. The maximum Gasteiger partial charge on any atom is 0.251 e. The van der Waals surface area contributed by atoms with Crippen molar-refractivity contribution in [3.8, 4) is 0 Å². The Kier molecular flexibility index (Phi) is 3.82. The maximum atomic E-state index is 12.6. The van der Waals surface area contributed by atoms with Crippen LogP contribution in [0.3, 0.4) is 0 Å². The number of alkyl halides is 1. The van der Waals surface area contributed by atoms with Crippen molar-refractivity contribution in [1.29, 1.82) is 0 Å². The van der Waals surface area contributed by atoms with Crippen LogP contribution in [0, 0.1) is 17.0 Å². The van der Waals surface area contributed by atoms with E-state index in [1.54, 1.807) is 30.3 Å². The highest BCUT2D eigenvalue weighted by atomic mass is 35.5. The smallest absolute Gasteiger partial charge is 0.251 e. The molecule has 23 heavy (non-hydrogen) atoms. The lowest BCUT2D eigenvalue weighted by Gasteiger charge is -2.28. The van der Waals surface area contributed by atoms with Gasteiger partial charge in [-0.3, -0.25) is 14.9 Å². The number of nitrogens with one attached hydrogen (secondary N) is 1. The van der Waals surface area contributed by atoms with Crippen molar-refractivity contribution < 1.29 is 9.72 Å². The summed E-state index contributed by atoms with van der Waals surface area (Å²) in [7, 11) is 0. The van der Waals surface area contributed by atoms with Gasteiger partial charge in [0.25, 0.3) is 5.91 Å². The fourth-order valence-corrected chi connectivity index (χ4v) is 3.44. The third kappa shape index (κ3) is 2.57. The van der Waals surface area contributed by atoms with E-state index in [1.165, 1.54) is 0 Å². The molecule has 0 aromatic heterocycles. The Morgan fingerprint density at radius 3 is 2.61 bits per heavy atom. The van der Waals surface area contributed by atoms with Gasteiger partial charge in [-0.25, -0.2) is 0 Å². The van der Waals surface area contributed by atoms with Crippen LogP contribution in [0.1, 0.15) is 22.6 Å². The van der Waals surface area contributed by atoms with E-state index in [-0.39, 0.29) is 0 Å². The first-order valence-electron chi connectivity index (χ1n) is 7.21. The van der Waals surface area contributed by atoms with Crippen molar-refractivity contribution in [2.75, 3.05) is 11.9 Å². The summed E-state index contributed by atoms with van der Waals surface area (Å²) in [6, 6.07) is 14.4. The van der Waals surface area contributed by atoms with E-state index in [0.29, 0.717) is 16.8 Å². The van der Waals surface area contributed by atoms with Crippen molar-refractivity contribution >= 4 is 23.2 Å². The predicted molar refractivity (Wildman–Crippen MR) is 88.4 cm³/mol. The Bertz CT molecular complexity index is 779. The standard InChI is InChI=1S/C17H15ClN2O3/c1-11-7-8-15-13(9-11)17(18,16(21)19-15)14(10-20(22)23)12-5-3-2-4-6-12/h2-9,14H,10H2,1H3,(H,19,21)/t14-,17+/m1/s1. The van der Waals surface area contributed by atoms with E-state index in [2.05, 4.69) is 5.32 Å². The molecular weight excluding hydrogens is 316 g/mol. The zero-order chi connectivity index (χ0) is 16.6. The zero-order valence-electron chi connectivity index (χ0n) is 12.5. The van der Waals surface area contributed by atoms with Gasteiger partial charge in [-0.15, -0.1) is 11.6 Å². The summed E-state index contributed by atoms with van der Waals surface area (Å²) >= 11 is 6.75. The number of rotatable bonds is 4. The number of aryl methyl sites for hydroxylation is 1. The molecule has 1 aliphatic heterocycles. The van der Waals surface area contributed by atoms with Crippen molar-refractivity contribution in [3.05, 3.63) is 75.3 Å². The van der Waals surface area contributed by atoms with Gasteiger partial charge in [0.2, 0.25) is 6.54 Å². The Morgan fingerprint density at radius 2 is 1.96 bits per heavy atom. The van der Waals surface area contributed by atoms with Crippen LogP contribution in [0.25, 0.3) is 0 Å². The molecule has 0 fully saturated rings. The lowest BCUT2D eigenvalue weighted by Crippen LogP contribution is -2.38. The summed E-state index contributed by atoms with van der Waals surface area (Å²) in [6.07, 6.45) is 0. The molecule has 1 amide bonds. The van der Waals surface area contributed by atoms with Gasteiger partial charge < -0.3 is 5.32 Å². The number of benzene rings is 2. The quantitative estimate of drug-likeness (QED) is 0.530. The number of nitro groups is 1. The zero-order valence-corrected chi connectivity index (χ0v) is 13.2. The third-order valence-electron chi connectivity index (χ3n) is 4.16. The molecule has 0 unspecified atom stereocenters. The molecule has 0 saturated heterocycles. The molecule has 3 rings (SSSR count). The van der Waals surface area contributed by atoms with Crippen LogP contribution >= 0.6 is 11.6 Å². The van der Waals surface area contributed by atoms with Crippen LogP contribution in [0.4, 0.5) is 5.69 Å². The lowest BCUT2D eigenvalue weighted by atomic mass is 9.81. The van der Waals surface area contributed by atoms with E-state index in [4.69, 9.17) is 11.6 Å². The topological polar surface area (TPSA) is 72.2 Å². The molecule has 0 bridgehead atoms. The number of carbonyl (C=O) groups is 1. The fraction of sp³-hybridized carbons (Fsp3) is 0.235. The molecule has 0 aliphatic carbocycles. The van der Waals surface area contributed by atoms with Gasteiger partial charge in [0.05, 0.1) is 5.92 Å². The molecule has 6 heteroatoms. The number of fused-ring (bicyclic) bond motifs is 1. The van der Waals surface area contributed by atoms with Gasteiger partial charge in [-0.1, -0.05) is 48.0 Å². The highest BCUT2D eigenvalue weighted by Gasteiger charge is 2.53. The van der Waals surface area contributed by atoms with Gasteiger partial charge in [0.15, 0.2) is 4.87 Å². The number of nitrogens with zero attached hydrogens (tertiary/aromatic N) is 1. The van der Waals surface area contributed by atoms with Crippen molar-refractivity contribution in [2.24, 2.45) is 0 Å². The number of hydrogen-bond donors (Lipinski definition) is 1. The van der Waals surface area contributed by atoms with Crippen molar-refractivity contribution in [3.63, 3.8) is 0 Å². The maximum absolute atomic E-state index is 12.6. The minimum Gasteiger partial charge on any atom is -0.324 e. The van der Waals surface area contributed by atoms with Crippen LogP contribution in [0.5, 0.6) is 0 Å². The van der Waals surface area contributed by atoms with Crippen LogP contribution in [-0.4, -0.2) is 17.4 Å². The summed E-state index contributed by atoms with van der Waals surface area (Å²) in [6.45, 7) is 1.47. The summed E-state index contributed by atoms with van der Waals surface area (Å²) in [5.41, 5.74) is 2.82. The Labute approximate surface area is 138 Å². The Balaban J connectivity index is 2.17. The molecule has 1 aliphatic rings. The second-order valence-corrected chi connectivity index (χ2v) is 6.29. The molecule has 0 spiro atoms. The molecule has 2 atom stereocenters. The second-order valence-electron chi connectivity index (χ2n) is 5.69. The SMILES string of the molecule is Cc1ccc2c(c1)[C@](Cl)([C@H](C[N+](=O)[O-])c1ccccc1)C(=O)N2. The number of carbonyl (C=O) groups excluding carboxylic acids is 1. The Morgan fingerprint density at radius 1 is 1.26 bits per heavy atom. The van der Waals surface area contributed by atoms with Crippen LogP contribution < -0.4 is 5.32 Å². The molecule has 5 nitrogen and oxygen atoms in total. The van der Waals surface area contributed by atoms with Crippen LogP contribution in [0.15, 0.2) is 48.5 Å². The van der Waals surface area contributed by atoms with Gasteiger partial charge in [0.1, 0.15) is 0 Å². The number of amides is 1. The first-order valence-corrected chi connectivity index (χ1v) is 7.59. The van der Waals surface area contributed by atoms with Crippen molar-refractivity contribution in [2.45, 2.75) is 17.7 Å². The Hall–Kier alpha value is -2.40. The first kappa shape index (κ1) is 15.5. The van der Waals surface area contributed by atoms with E-state index >= 15 is 0 Å². The average molecular weight is 331 g/mol.